The third-order valence-electron chi connectivity index (χ3n) is 3.48. The van der Waals surface area contributed by atoms with E-state index in [1.807, 2.05) is 62.4 Å². The summed E-state index contributed by atoms with van der Waals surface area (Å²) in [4.78, 5) is 12.1. The topological polar surface area (TPSA) is 38.3 Å². The van der Waals surface area contributed by atoms with Crippen molar-refractivity contribution < 1.29 is 9.53 Å². The van der Waals surface area contributed by atoms with E-state index in [9.17, 15) is 4.79 Å². The summed E-state index contributed by atoms with van der Waals surface area (Å²) in [5.74, 6) is 0.637. The Bertz CT molecular complexity index is 622. The van der Waals surface area contributed by atoms with Gasteiger partial charge < -0.3 is 10.1 Å². The Labute approximate surface area is 126 Å². The maximum absolute atomic E-state index is 12.1. The molecular weight excluding hydrogens is 262 g/mol. The van der Waals surface area contributed by atoms with Crippen molar-refractivity contribution >= 4 is 5.91 Å². The molecule has 0 aliphatic rings. The van der Waals surface area contributed by atoms with Crippen LogP contribution in [-0.4, -0.2) is 12.0 Å². The quantitative estimate of drug-likeness (QED) is 0.913. The summed E-state index contributed by atoms with van der Waals surface area (Å²) in [6.07, 6.45) is -0.518. The van der Waals surface area contributed by atoms with Crippen LogP contribution in [0.25, 0.3) is 0 Å². The predicted molar refractivity (Wildman–Crippen MR) is 84.3 cm³/mol. The van der Waals surface area contributed by atoms with Crippen molar-refractivity contribution in [3.05, 3.63) is 65.2 Å². The summed E-state index contributed by atoms with van der Waals surface area (Å²) in [7, 11) is 0. The molecule has 0 heterocycles. The van der Waals surface area contributed by atoms with Crippen molar-refractivity contribution in [2.24, 2.45) is 0 Å². The number of carbonyl (C=O) groups is 1. The summed E-state index contributed by atoms with van der Waals surface area (Å²) >= 11 is 0. The van der Waals surface area contributed by atoms with Gasteiger partial charge in [0.05, 0.1) is 0 Å². The Balaban J connectivity index is 1.91. The van der Waals surface area contributed by atoms with Crippen molar-refractivity contribution in [1.82, 2.24) is 5.32 Å². The molecule has 0 radical (unpaired) electrons. The third kappa shape index (κ3) is 4.09. The zero-order chi connectivity index (χ0) is 15.2. The minimum absolute atomic E-state index is 0.110. The van der Waals surface area contributed by atoms with E-state index >= 15 is 0 Å². The summed E-state index contributed by atoms with van der Waals surface area (Å²) in [6, 6.07) is 15.7. The fourth-order valence-electron chi connectivity index (χ4n) is 2.07. The lowest BCUT2D eigenvalue weighted by Gasteiger charge is -2.16. The van der Waals surface area contributed by atoms with E-state index in [0.717, 1.165) is 16.9 Å². The van der Waals surface area contributed by atoms with E-state index < -0.39 is 6.10 Å². The highest BCUT2D eigenvalue weighted by Crippen LogP contribution is 2.17. The summed E-state index contributed by atoms with van der Waals surface area (Å²) in [5.41, 5.74) is 3.32. The molecule has 2 aromatic carbocycles. The lowest BCUT2D eigenvalue weighted by molar-refractivity contribution is -0.127. The molecular formula is C18H21NO2. The number of carbonyl (C=O) groups excluding carboxylic acids is 1. The van der Waals surface area contributed by atoms with Crippen molar-refractivity contribution in [3.8, 4) is 5.75 Å². The predicted octanol–water partition coefficient (Wildman–Crippen LogP) is 3.39. The van der Waals surface area contributed by atoms with E-state index in [-0.39, 0.29) is 5.91 Å². The number of aryl methyl sites for hydroxylation is 2. The van der Waals surface area contributed by atoms with Crippen molar-refractivity contribution in [3.63, 3.8) is 0 Å². The van der Waals surface area contributed by atoms with Gasteiger partial charge in [0.1, 0.15) is 5.75 Å². The van der Waals surface area contributed by atoms with Crippen LogP contribution in [-0.2, 0) is 11.3 Å². The van der Waals surface area contributed by atoms with Gasteiger partial charge in [0.25, 0.3) is 5.91 Å². The van der Waals surface area contributed by atoms with Gasteiger partial charge in [0.2, 0.25) is 0 Å². The molecule has 0 aliphatic heterocycles. The maximum atomic E-state index is 12.1. The van der Waals surface area contributed by atoms with Crippen LogP contribution in [0, 0.1) is 13.8 Å². The molecule has 1 atom stereocenters. The first kappa shape index (κ1) is 15.1. The van der Waals surface area contributed by atoms with E-state index in [1.165, 1.54) is 5.56 Å². The number of nitrogens with one attached hydrogen (secondary N) is 1. The van der Waals surface area contributed by atoms with Gasteiger partial charge in [-0.25, -0.2) is 0 Å². The number of amides is 1. The van der Waals surface area contributed by atoms with Crippen LogP contribution >= 0.6 is 0 Å². The van der Waals surface area contributed by atoms with E-state index in [0.29, 0.717) is 6.54 Å². The van der Waals surface area contributed by atoms with E-state index in [1.54, 1.807) is 6.92 Å². The standard InChI is InChI=1S/C18H21NO2/c1-13-8-4-6-10-16(13)12-19-18(20)15(3)21-17-11-7-5-9-14(17)2/h4-11,15H,12H2,1-3H3,(H,19,20)/t15-/m0/s1. The van der Waals surface area contributed by atoms with Crippen LogP contribution < -0.4 is 10.1 Å². The molecule has 3 heteroatoms. The highest BCUT2D eigenvalue weighted by atomic mass is 16.5. The maximum Gasteiger partial charge on any atom is 0.261 e. The molecule has 0 saturated carbocycles. The van der Waals surface area contributed by atoms with Gasteiger partial charge in [-0.15, -0.1) is 0 Å². The third-order valence-corrected chi connectivity index (χ3v) is 3.48. The Kier molecular flexibility index (Phi) is 4.99. The van der Waals surface area contributed by atoms with E-state index in [4.69, 9.17) is 4.74 Å². The van der Waals surface area contributed by atoms with Crippen LogP contribution in [0.4, 0.5) is 0 Å². The second kappa shape index (κ2) is 6.93. The fourth-order valence-corrected chi connectivity index (χ4v) is 2.07. The number of rotatable bonds is 5. The fraction of sp³-hybridized carbons (Fsp3) is 0.278. The van der Waals surface area contributed by atoms with Crippen molar-refractivity contribution in [2.45, 2.75) is 33.4 Å². The molecule has 0 bridgehead atoms. The van der Waals surface area contributed by atoms with Gasteiger partial charge in [0.15, 0.2) is 6.10 Å². The van der Waals surface area contributed by atoms with Gasteiger partial charge in [0, 0.05) is 6.54 Å². The average Bonchev–Trinajstić information content (AvgIpc) is 2.48. The molecule has 110 valence electrons. The first-order chi connectivity index (χ1) is 10.1. The molecule has 0 unspecified atom stereocenters. The van der Waals surface area contributed by atoms with E-state index in [2.05, 4.69) is 5.32 Å². The molecule has 0 saturated heterocycles. The molecule has 2 aromatic rings. The van der Waals surface area contributed by atoms with Crippen LogP contribution in [0.5, 0.6) is 5.75 Å². The second-order valence-corrected chi connectivity index (χ2v) is 5.17. The van der Waals surface area contributed by atoms with Gasteiger partial charge in [-0.3, -0.25) is 4.79 Å². The highest BCUT2D eigenvalue weighted by Gasteiger charge is 2.15. The SMILES string of the molecule is Cc1ccccc1CNC(=O)[C@H](C)Oc1ccccc1C. The molecule has 0 spiro atoms. The zero-order valence-electron chi connectivity index (χ0n) is 12.7. The van der Waals surface area contributed by atoms with Crippen molar-refractivity contribution in [1.29, 1.82) is 0 Å². The van der Waals surface area contributed by atoms with Crippen LogP contribution in [0.2, 0.25) is 0 Å². The largest absolute Gasteiger partial charge is 0.481 e. The molecule has 3 nitrogen and oxygen atoms in total. The van der Waals surface area contributed by atoms with Crippen molar-refractivity contribution in [2.75, 3.05) is 0 Å². The number of hydrogen-bond donors (Lipinski definition) is 1. The minimum Gasteiger partial charge on any atom is -0.481 e. The smallest absolute Gasteiger partial charge is 0.261 e. The number of ether oxygens (including phenoxy) is 1. The first-order valence-electron chi connectivity index (χ1n) is 7.12. The normalized spacial score (nSPS) is 11.8. The molecule has 0 aliphatic carbocycles. The molecule has 0 fully saturated rings. The molecule has 21 heavy (non-hydrogen) atoms. The first-order valence-corrected chi connectivity index (χ1v) is 7.12. The number of para-hydroxylation sites is 1. The Morgan fingerprint density at radius 2 is 1.67 bits per heavy atom. The van der Waals surface area contributed by atoms with Gasteiger partial charge >= 0.3 is 0 Å². The van der Waals surface area contributed by atoms with Crippen LogP contribution in [0.15, 0.2) is 48.5 Å². The Morgan fingerprint density at radius 3 is 2.33 bits per heavy atom. The number of benzene rings is 2. The molecule has 2 rings (SSSR count). The van der Waals surface area contributed by atoms with Gasteiger partial charge in [-0.1, -0.05) is 42.5 Å². The minimum atomic E-state index is -0.518. The highest BCUT2D eigenvalue weighted by molar-refractivity contribution is 5.80. The van der Waals surface area contributed by atoms with Gasteiger partial charge in [-0.2, -0.15) is 0 Å². The van der Waals surface area contributed by atoms with Gasteiger partial charge in [-0.05, 0) is 43.5 Å². The molecule has 1 amide bonds. The Morgan fingerprint density at radius 1 is 1.05 bits per heavy atom. The lowest BCUT2D eigenvalue weighted by Crippen LogP contribution is -2.36. The lowest BCUT2D eigenvalue weighted by atomic mass is 10.1. The monoisotopic (exact) mass is 283 g/mol. The van der Waals surface area contributed by atoms with Crippen LogP contribution in [0.1, 0.15) is 23.6 Å². The van der Waals surface area contributed by atoms with Crippen LogP contribution in [0.3, 0.4) is 0 Å². The Hall–Kier alpha value is -2.29. The summed E-state index contributed by atoms with van der Waals surface area (Å²) in [6.45, 7) is 6.29. The summed E-state index contributed by atoms with van der Waals surface area (Å²) in [5, 5.41) is 2.92. The molecule has 0 aromatic heterocycles. The zero-order valence-corrected chi connectivity index (χ0v) is 12.7. The molecule has 1 N–H and O–H groups in total. The summed E-state index contributed by atoms with van der Waals surface area (Å²) < 4.78 is 5.71. The average molecular weight is 283 g/mol. The second-order valence-electron chi connectivity index (χ2n) is 5.17. The number of hydrogen-bond acceptors (Lipinski definition) is 2.